The van der Waals surface area contributed by atoms with Crippen molar-refractivity contribution >= 4 is 6.08 Å². The van der Waals surface area contributed by atoms with Crippen molar-refractivity contribution in [3.63, 3.8) is 0 Å². The minimum absolute atomic E-state index is 0.328. The first-order chi connectivity index (χ1) is 7.34. The number of nitrogens with one attached hydrogen (secondary N) is 1. The second-order valence-corrected chi connectivity index (χ2v) is 4.04. The van der Waals surface area contributed by atoms with Crippen LogP contribution in [-0.2, 0) is 0 Å². The van der Waals surface area contributed by atoms with Gasteiger partial charge in [0.1, 0.15) is 5.75 Å². The average molecular weight is 203 g/mol. The zero-order chi connectivity index (χ0) is 10.5. The number of allylic oxidation sites excluding steroid dienone is 1. The second kappa shape index (κ2) is 4.99. The molecule has 1 aliphatic heterocycles. The predicted octanol–water partition coefficient (Wildman–Crippen LogP) is 2.41. The van der Waals surface area contributed by atoms with Crippen LogP contribution in [0.3, 0.4) is 0 Å². The monoisotopic (exact) mass is 203 g/mol. The number of hydrogen-bond acceptors (Lipinski definition) is 2. The van der Waals surface area contributed by atoms with Crippen molar-refractivity contribution < 1.29 is 5.11 Å². The predicted molar refractivity (Wildman–Crippen MR) is 62.7 cm³/mol. The summed E-state index contributed by atoms with van der Waals surface area (Å²) < 4.78 is 0. The number of hydrogen-bond donors (Lipinski definition) is 2. The van der Waals surface area contributed by atoms with E-state index < -0.39 is 0 Å². The summed E-state index contributed by atoms with van der Waals surface area (Å²) in [5.74, 6) is 1.04. The molecule has 0 unspecified atom stereocenters. The van der Waals surface area contributed by atoms with Crippen LogP contribution in [0.4, 0.5) is 0 Å². The van der Waals surface area contributed by atoms with E-state index in [1.807, 2.05) is 12.1 Å². The van der Waals surface area contributed by atoms with Gasteiger partial charge in [-0.15, -0.1) is 0 Å². The molecule has 0 spiro atoms. The molecule has 0 bridgehead atoms. The highest BCUT2D eigenvalue weighted by atomic mass is 16.3. The van der Waals surface area contributed by atoms with Gasteiger partial charge in [0, 0.05) is 0 Å². The second-order valence-electron chi connectivity index (χ2n) is 4.04. The Morgan fingerprint density at radius 3 is 2.47 bits per heavy atom. The van der Waals surface area contributed by atoms with Gasteiger partial charge < -0.3 is 10.4 Å². The van der Waals surface area contributed by atoms with E-state index in [1.54, 1.807) is 12.1 Å². The summed E-state index contributed by atoms with van der Waals surface area (Å²) in [7, 11) is 0. The number of benzene rings is 1. The van der Waals surface area contributed by atoms with E-state index in [9.17, 15) is 0 Å². The number of phenolic OH excluding ortho intramolecular Hbond substituents is 1. The summed E-state index contributed by atoms with van der Waals surface area (Å²) >= 11 is 0. The first-order valence-corrected chi connectivity index (χ1v) is 5.52. The fourth-order valence-corrected chi connectivity index (χ4v) is 1.87. The van der Waals surface area contributed by atoms with Gasteiger partial charge in [-0.1, -0.05) is 24.3 Å². The lowest BCUT2D eigenvalue weighted by molar-refractivity contribution is 0.438. The highest BCUT2D eigenvalue weighted by Crippen LogP contribution is 2.16. The number of aromatic hydroxyl groups is 1. The quantitative estimate of drug-likeness (QED) is 0.773. The van der Waals surface area contributed by atoms with E-state index in [2.05, 4.69) is 17.5 Å². The zero-order valence-corrected chi connectivity index (χ0v) is 8.82. The number of rotatable bonds is 2. The third-order valence-corrected chi connectivity index (χ3v) is 2.84. The fourth-order valence-electron chi connectivity index (χ4n) is 1.87. The molecule has 2 N–H and O–H groups in total. The molecular weight excluding hydrogens is 186 g/mol. The van der Waals surface area contributed by atoms with Gasteiger partial charge in [0.15, 0.2) is 0 Å². The third kappa shape index (κ3) is 3.10. The van der Waals surface area contributed by atoms with Crippen molar-refractivity contribution in [3.8, 4) is 5.75 Å². The summed E-state index contributed by atoms with van der Waals surface area (Å²) in [5, 5.41) is 12.5. The molecule has 1 heterocycles. The van der Waals surface area contributed by atoms with Crippen LogP contribution in [0.2, 0.25) is 0 Å². The molecule has 0 saturated carbocycles. The van der Waals surface area contributed by atoms with Gasteiger partial charge in [-0.3, -0.25) is 0 Å². The fraction of sp³-hybridized carbons (Fsp3) is 0.385. The van der Waals surface area contributed by atoms with Crippen molar-refractivity contribution in [2.45, 2.75) is 12.8 Å². The molecule has 2 nitrogen and oxygen atoms in total. The summed E-state index contributed by atoms with van der Waals surface area (Å²) in [6.45, 7) is 2.26. The largest absolute Gasteiger partial charge is 0.508 e. The van der Waals surface area contributed by atoms with Crippen molar-refractivity contribution in [3.05, 3.63) is 35.9 Å². The maximum absolute atomic E-state index is 9.14. The van der Waals surface area contributed by atoms with Crippen LogP contribution in [-0.4, -0.2) is 18.2 Å². The van der Waals surface area contributed by atoms with Gasteiger partial charge in [0.2, 0.25) is 0 Å². The van der Waals surface area contributed by atoms with Crippen molar-refractivity contribution in [2.75, 3.05) is 13.1 Å². The Morgan fingerprint density at radius 1 is 1.13 bits per heavy atom. The molecule has 0 aromatic heterocycles. The molecule has 2 rings (SSSR count). The summed E-state index contributed by atoms with van der Waals surface area (Å²) in [6.07, 6.45) is 6.89. The SMILES string of the molecule is Oc1ccc(/C=C/C2CCNCC2)cc1. The smallest absolute Gasteiger partial charge is 0.115 e. The van der Waals surface area contributed by atoms with Crippen molar-refractivity contribution in [2.24, 2.45) is 5.92 Å². The van der Waals surface area contributed by atoms with Crippen LogP contribution < -0.4 is 5.32 Å². The van der Waals surface area contributed by atoms with Gasteiger partial charge in [-0.2, -0.15) is 0 Å². The maximum atomic E-state index is 9.14. The highest BCUT2D eigenvalue weighted by Gasteiger charge is 2.08. The molecule has 0 aliphatic carbocycles. The highest BCUT2D eigenvalue weighted by molar-refractivity contribution is 5.50. The van der Waals surface area contributed by atoms with E-state index >= 15 is 0 Å². The number of phenols is 1. The van der Waals surface area contributed by atoms with Crippen LogP contribution >= 0.6 is 0 Å². The Labute approximate surface area is 90.6 Å². The molecule has 1 aromatic carbocycles. The Morgan fingerprint density at radius 2 is 1.80 bits per heavy atom. The van der Waals surface area contributed by atoms with E-state index in [4.69, 9.17) is 5.11 Å². The standard InChI is InChI=1S/C13H17NO/c15-13-5-3-11(4-6-13)1-2-12-7-9-14-10-8-12/h1-6,12,14-15H,7-10H2/b2-1+. The van der Waals surface area contributed by atoms with Crippen molar-refractivity contribution in [1.29, 1.82) is 0 Å². The van der Waals surface area contributed by atoms with Crippen LogP contribution in [0.5, 0.6) is 5.75 Å². The van der Waals surface area contributed by atoms with Crippen LogP contribution in [0, 0.1) is 5.92 Å². The van der Waals surface area contributed by atoms with Crippen LogP contribution in [0.15, 0.2) is 30.3 Å². The molecule has 0 atom stereocenters. The Hall–Kier alpha value is -1.28. The lowest BCUT2D eigenvalue weighted by Crippen LogP contribution is -2.26. The van der Waals surface area contributed by atoms with E-state index in [-0.39, 0.29) is 0 Å². The van der Waals surface area contributed by atoms with E-state index in [0.717, 1.165) is 18.7 Å². The maximum Gasteiger partial charge on any atom is 0.115 e. The minimum atomic E-state index is 0.328. The number of piperidine rings is 1. The first kappa shape index (κ1) is 10.2. The summed E-state index contributed by atoms with van der Waals surface area (Å²) in [6, 6.07) is 7.32. The molecular formula is C13H17NO. The molecule has 1 aliphatic rings. The van der Waals surface area contributed by atoms with E-state index in [0.29, 0.717) is 11.7 Å². The van der Waals surface area contributed by atoms with Crippen molar-refractivity contribution in [1.82, 2.24) is 5.32 Å². The van der Waals surface area contributed by atoms with Gasteiger partial charge in [-0.05, 0) is 49.5 Å². The molecule has 1 saturated heterocycles. The molecule has 80 valence electrons. The van der Waals surface area contributed by atoms with Gasteiger partial charge in [0.05, 0.1) is 0 Å². The Kier molecular flexibility index (Phi) is 3.41. The lowest BCUT2D eigenvalue weighted by atomic mass is 9.97. The topological polar surface area (TPSA) is 32.3 Å². The normalized spacial score (nSPS) is 18.4. The third-order valence-electron chi connectivity index (χ3n) is 2.84. The minimum Gasteiger partial charge on any atom is -0.508 e. The Balaban J connectivity index is 1.95. The molecule has 2 heteroatoms. The first-order valence-electron chi connectivity index (χ1n) is 5.52. The van der Waals surface area contributed by atoms with Crippen LogP contribution in [0.1, 0.15) is 18.4 Å². The molecule has 1 aromatic rings. The van der Waals surface area contributed by atoms with E-state index in [1.165, 1.54) is 12.8 Å². The van der Waals surface area contributed by atoms with Gasteiger partial charge >= 0.3 is 0 Å². The summed E-state index contributed by atoms with van der Waals surface area (Å²) in [5.41, 5.74) is 1.16. The average Bonchev–Trinajstić information content (AvgIpc) is 2.30. The van der Waals surface area contributed by atoms with Gasteiger partial charge in [-0.25, -0.2) is 0 Å². The molecule has 15 heavy (non-hydrogen) atoms. The van der Waals surface area contributed by atoms with Crippen LogP contribution in [0.25, 0.3) is 6.08 Å². The summed E-state index contributed by atoms with van der Waals surface area (Å²) in [4.78, 5) is 0. The molecule has 1 fully saturated rings. The Bertz CT molecular complexity index is 323. The molecule has 0 amide bonds. The zero-order valence-electron chi connectivity index (χ0n) is 8.82. The lowest BCUT2D eigenvalue weighted by Gasteiger charge is -2.19. The molecule has 0 radical (unpaired) electrons. The van der Waals surface area contributed by atoms with Gasteiger partial charge in [0.25, 0.3) is 0 Å².